The number of benzene rings is 3. The van der Waals surface area contributed by atoms with Gasteiger partial charge in [0.05, 0.1) is 58.7 Å². The van der Waals surface area contributed by atoms with Crippen LogP contribution in [-0.2, 0) is 24.1 Å². The van der Waals surface area contributed by atoms with Gasteiger partial charge in [-0.15, -0.1) is 0 Å². The largest absolute Gasteiger partial charge is 0.497 e. The van der Waals surface area contributed by atoms with Crippen LogP contribution in [0.25, 0.3) is 11.2 Å². The van der Waals surface area contributed by atoms with Crippen molar-refractivity contribution in [2.24, 2.45) is 28.7 Å². The lowest BCUT2D eigenvalue weighted by molar-refractivity contribution is -0.0912. The average molecular weight is 1080 g/mol. The Hall–Kier alpha value is -5.20. The topological polar surface area (TPSA) is 162 Å². The molecule has 0 saturated carbocycles. The molecule has 3 heterocycles. The van der Waals surface area contributed by atoms with Gasteiger partial charge in [0, 0.05) is 31.6 Å². The second kappa shape index (κ2) is 30.2. The third-order valence-electron chi connectivity index (χ3n) is 14.6. The molecule has 6 rings (SSSR count). The van der Waals surface area contributed by atoms with Crippen LogP contribution in [0.2, 0.25) is 0 Å². The maximum atomic E-state index is 13.9. The normalized spacial score (nSPS) is 17.3. The average Bonchev–Trinajstić information content (AvgIpc) is 4.05. The maximum absolute atomic E-state index is 13.9. The van der Waals surface area contributed by atoms with Crippen LogP contribution in [0.4, 0.5) is 5.95 Å². The molecule has 1 fully saturated rings. The zero-order valence-corrected chi connectivity index (χ0v) is 49.1. The minimum absolute atomic E-state index is 0.0616. The van der Waals surface area contributed by atoms with Crippen molar-refractivity contribution in [3.05, 3.63) is 112 Å². The second-order valence-corrected chi connectivity index (χ2v) is 23.7. The molecule has 5 aromatic rings. The Bertz CT molecular complexity index is 2560. The molecule has 0 amide bonds. The van der Waals surface area contributed by atoms with Crippen LogP contribution < -0.4 is 15.0 Å². The Morgan fingerprint density at radius 1 is 0.805 bits per heavy atom. The molecule has 420 valence electrons. The summed E-state index contributed by atoms with van der Waals surface area (Å²) < 4.78 is 43.5. The summed E-state index contributed by atoms with van der Waals surface area (Å²) in [6, 6.07) is 28.3. The van der Waals surface area contributed by atoms with Crippen LogP contribution in [0.5, 0.6) is 11.5 Å². The summed E-state index contributed by atoms with van der Waals surface area (Å²) in [5.41, 5.74) is 1.65. The highest BCUT2D eigenvalue weighted by atomic mass is 31.2. The maximum Gasteiger partial charge on any atom is 0.280 e. The molecule has 2 aromatic heterocycles. The predicted octanol–water partition coefficient (Wildman–Crippen LogP) is 13.8. The predicted molar refractivity (Wildman–Crippen MR) is 310 cm³/mol. The van der Waals surface area contributed by atoms with Crippen LogP contribution in [0.3, 0.4) is 0 Å². The second-order valence-electron chi connectivity index (χ2n) is 22.3. The van der Waals surface area contributed by atoms with Crippen molar-refractivity contribution < 1.29 is 28.0 Å². The molecule has 0 radical (unpaired) electrons. The number of imidazole rings is 1. The summed E-state index contributed by atoms with van der Waals surface area (Å²) in [5.74, 6) is 4.21. The van der Waals surface area contributed by atoms with Gasteiger partial charge in [-0.25, -0.2) is 14.6 Å². The minimum Gasteiger partial charge on any atom is -0.497 e. The van der Waals surface area contributed by atoms with Crippen molar-refractivity contribution in [1.29, 1.82) is 5.26 Å². The van der Waals surface area contributed by atoms with Gasteiger partial charge in [-0.05, 0) is 105 Å². The number of nitriles is 1. The number of nitrogens with zero attached hydrogens (tertiary/aromatic N) is 7. The van der Waals surface area contributed by atoms with Gasteiger partial charge in [-0.1, -0.05) is 135 Å². The van der Waals surface area contributed by atoms with Gasteiger partial charge < -0.3 is 32.9 Å². The van der Waals surface area contributed by atoms with Gasteiger partial charge in [-0.2, -0.15) is 10.2 Å². The molecule has 0 spiro atoms. The first-order chi connectivity index (χ1) is 37.1. The van der Waals surface area contributed by atoms with E-state index in [4.69, 9.17) is 38.0 Å². The fourth-order valence-electron chi connectivity index (χ4n) is 10.2. The number of fused-ring (bicyclic) bond motifs is 1. The summed E-state index contributed by atoms with van der Waals surface area (Å²) >= 11 is 0. The number of aromatic amines is 1. The van der Waals surface area contributed by atoms with Crippen molar-refractivity contribution in [3.8, 4) is 17.6 Å². The van der Waals surface area contributed by atoms with Crippen LogP contribution in [0.15, 0.2) is 95.0 Å². The van der Waals surface area contributed by atoms with Crippen LogP contribution in [0, 0.1) is 35.0 Å². The zero-order chi connectivity index (χ0) is 55.5. The molecule has 1 aliphatic rings. The van der Waals surface area contributed by atoms with E-state index in [1.54, 1.807) is 20.5 Å². The highest BCUT2D eigenvalue weighted by Gasteiger charge is 2.45. The van der Waals surface area contributed by atoms with E-state index < -0.39 is 32.6 Å². The number of aromatic nitrogens is 4. The van der Waals surface area contributed by atoms with Crippen molar-refractivity contribution in [2.75, 3.05) is 40.5 Å². The molecule has 77 heavy (non-hydrogen) atoms. The van der Waals surface area contributed by atoms with E-state index in [-0.39, 0.29) is 48.7 Å². The first-order valence-electron chi connectivity index (χ1n) is 28.2. The number of nitrogens with one attached hydrogen (secondary N) is 1. The molecule has 16 heteroatoms. The zero-order valence-electron chi connectivity index (χ0n) is 48.2. The fourth-order valence-corrected chi connectivity index (χ4v) is 11.9. The van der Waals surface area contributed by atoms with E-state index in [2.05, 4.69) is 107 Å². The summed E-state index contributed by atoms with van der Waals surface area (Å²) in [6.07, 6.45) is 11.6. The van der Waals surface area contributed by atoms with Gasteiger partial charge in [0.2, 0.25) is 5.95 Å². The molecular formula is C61H89N8O7P. The van der Waals surface area contributed by atoms with Crippen LogP contribution in [-0.4, -0.2) is 100 Å². The monoisotopic (exact) mass is 1080 g/mol. The molecule has 6 atom stereocenters. The number of ether oxygens (including phenoxy) is 4. The van der Waals surface area contributed by atoms with E-state index in [0.29, 0.717) is 47.2 Å². The molecule has 1 saturated heterocycles. The molecule has 15 nitrogen and oxygen atoms in total. The summed E-state index contributed by atoms with van der Waals surface area (Å²) in [4.78, 5) is 33.5. The summed E-state index contributed by atoms with van der Waals surface area (Å²) in [5, 5.41) is 9.57. The molecule has 1 aliphatic heterocycles. The summed E-state index contributed by atoms with van der Waals surface area (Å²) in [7, 11) is 1.61. The Labute approximate surface area is 461 Å². The van der Waals surface area contributed by atoms with Gasteiger partial charge >= 0.3 is 0 Å². The van der Waals surface area contributed by atoms with E-state index in [1.165, 1.54) is 38.5 Å². The van der Waals surface area contributed by atoms with Crippen LogP contribution >= 0.6 is 8.53 Å². The Kier molecular flexibility index (Phi) is 24.0. The highest BCUT2D eigenvalue weighted by Crippen LogP contribution is 2.51. The third kappa shape index (κ3) is 17.1. The highest BCUT2D eigenvalue weighted by molar-refractivity contribution is 7.44. The van der Waals surface area contributed by atoms with Gasteiger partial charge in [-0.3, -0.25) is 14.3 Å². The lowest BCUT2D eigenvalue weighted by Crippen LogP contribution is -2.39. The van der Waals surface area contributed by atoms with Crippen molar-refractivity contribution >= 4 is 32.0 Å². The lowest BCUT2D eigenvalue weighted by Gasteiger charge is -2.39. The number of rotatable bonds is 33. The lowest BCUT2D eigenvalue weighted by atomic mass is 9.80. The van der Waals surface area contributed by atoms with Gasteiger partial charge in [0.1, 0.15) is 29.4 Å². The standard InChI is InChI=1S/C61H89N8O7P/c1-43(2)19-16-21-47(9)33-36-67(37-34-48(10)22-17-20-44(3)4)41-64-60-65-58-57(59(70)66-60)63-42-68(58)56-39-54(76-77(74-38-18-35-62)69(45(5)6)46(7)8)55(75-56)40-73-61(49-23-14-13-15-24-49,50-25-29-52(71-11)30-26-50)51-27-31-53(72-12)32-28-51/h13-15,23-32,41-48,54-56H,16-22,33-34,36-40H2,1-12H3,(H,65,66,70)/b64-41+. The van der Waals surface area contributed by atoms with E-state index >= 15 is 0 Å². The third-order valence-corrected chi connectivity index (χ3v) is 16.7. The number of hydrogen-bond acceptors (Lipinski definition) is 12. The molecule has 0 aliphatic carbocycles. The van der Waals surface area contributed by atoms with Gasteiger partial charge in [0.25, 0.3) is 14.1 Å². The molecule has 1 N–H and O–H groups in total. The molecule has 3 aromatic carbocycles. The smallest absolute Gasteiger partial charge is 0.280 e. The SMILES string of the molecule is COc1ccc(C(OCC2OC(n3cnc4c(=O)[nH]c(/N=C/N(CCC(C)CCCC(C)C)CCC(C)CCCC(C)C)nc43)CC2OP(OCCC#N)N(C(C)C)C(C)C)(c2ccccc2)c2ccc(OC)cc2)cc1. The van der Waals surface area contributed by atoms with Crippen molar-refractivity contribution in [3.63, 3.8) is 0 Å². The number of hydrogen-bond donors (Lipinski definition) is 1. The quantitative estimate of drug-likeness (QED) is 0.0139. The fraction of sp³-hybridized carbons (Fsp3) is 0.590. The first-order valence-corrected chi connectivity index (χ1v) is 29.3. The van der Waals surface area contributed by atoms with Gasteiger partial charge in [0.15, 0.2) is 11.2 Å². The minimum atomic E-state index is -1.69. The Morgan fingerprint density at radius 3 is 1.88 bits per heavy atom. The number of H-pyrrole nitrogens is 1. The molecular weight excluding hydrogens is 988 g/mol. The molecule has 0 bridgehead atoms. The number of methoxy groups -OCH3 is 2. The van der Waals surface area contributed by atoms with E-state index in [1.807, 2.05) is 77.6 Å². The van der Waals surface area contributed by atoms with Crippen LogP contribution in [0.1, 0.15) is 156 Å². The van der Waals surface area contributed by atoms with E-state index in [9.17, 15) is 10.1 Å². The summed E-state index contributed by atoms with van der Waals surface area (Å²) in [6.45, 7) is 24.3. The first kappa shape index (κ1) is 61.0. The van der Waals surface area contributed by atoms with Crippen molar-refractivity contribution in [1.82, 2.24) is 29.1 Å². The number of aliphatic imine (C=N–C) groups is 1. The van der Waals surface area contributed by atoms with E-state index in [0.717, 1.165) is 42.6 Å². The van der Waals surface area contributed by atoms with Crippen molar-refractivity contribution in [2.45, 2.75) is 170 Å². The Balaban J connectivity index is 1.37. The Morgan fingerprint density at radius 2 is 1.36 bits per heavy atom. The molecule has 6 unspecified atom stereocenters.